The lowest BCUT2D eigenvalue weighted by Crippen LogP contribution is -2.25. The van der Waals surface area contributed by atoms with Gasteiger partial charge < -0.3 is 5.11 Å². The molecule has 7 nitrogen and oxygen atoms in total. The summed E-state index contributed by atoms with van der Waals surface area (Å²) in [4.78, 5) is 23.3. The number of phenols is 1. The molecule has 0 saturated carbocycles. The molecule has 0 aliphatic carbocycles. The Morgan fingerprint density at radius 2 is 1.73 bits per heavy atom. The molecule has 0 bridgehead atoms. The normalized spacial score (nSPS) is 11.5. The smallest absolute Gasteiger partial charge is 0.263 e. The summed E-state index contributed by atoms with van der Waals surface area (Å²) in [5.74, 6) is 0.00731. The van der Waals surface area contributed by atoms with Gasteiger partial charge in [0.25, 0.3) is 5.56 Å². The minimum absolute atomic E-state index is 0.00731. The van der Waals surface area contributed by atoms with Crippen LogP contribution in [-0.2, 0) is 13.0 Å². The zero-order chi connectivity index (χ0) is 28.0. The molecule has 40 heavy (non-hydrogen) atoms. The minimum Gasteiger partial charge on any atom is -0.506 e. The number of rotatable bonds is 6. The van der Waals surface area contributed by atoms with Crippen LogP contribution in [0.4, 0.5) is 0 Å². The number of nitrogens with zero attached hydrogens (tertiary/aromatic N) is 5. The first kappa shape index (κ1) is 25.8. The molecule has 0 aliphatic heterocycles. The van der Waals surface area contributed by atoms with Crippen molar-refractivity contribution in [2.75, 3.05) is 0 Å². The van der Waals surface area contributed by atoms with E-state index in [2.05, 4.69) is 23.0 Å². The van der Waals surface area contributed by atoms with Crippen molar-refractivity contribution in [2.24, 2.45) is 0 Å². The summed E-state index contributed by atoms with van der Waals surface area (Å²) in [6.07, 6.45) is 3.23. The van der Waals surface area contributed by atoms with Gasteiger partial charge in [-0.1, -0.05) is 61.3 Å². The second-order valence-corrected chi connectivity index (χ2v) is 10.5. The van der Waals surface area contributed by atoms with Crippen LogP contribution in [0.3, 0.4) is 0 Å². The topological polar surface area (TPSA) is 85.8 Å². The van der Waals surface area contributed by atoms with Crippen molar-refractivity contribution in [3.05, 3.63) is 111 Å². The molecule has 3 aromatic heterocycles. The van der Waals surface area contributed by atoms with E-state index in [0.29, 0.717) is 23.3 Å². The number of halogens is 1. The highest BCUT2D eigenvalue weighted by Gasteiger charge is 2.21. The van der Waals surface area contributed by atoms with Gasteiger partial charge >= 0.3 is 0 Å². The number of aromatic nitrogens is 5. The fourth-order valence-corrected chi connectivity index (χ4v) is 5.58. The summed E-state index contributed by atoms with van der Waals surface area (Å²) in [6.45, 7) is 6.38. The first-order chi connectivity index (χ1) is 19.4. The molecule has 3 aromatic carbocycles. The van der Waals surface area contributed by atoms with Crippen molar-refractivity contribution in [3.63, 3.8) is 0 Å². The average Bonchev–Trinajstić information content (AvgIpc) is 3.30. The van der Waals surface area contributed by atoms with Crippen molar-refractivity contribution in [1.29, 1.82) is 0 Å². The summed E-state index contributed by atoms with van der Waals surface area (Å²) in [7, 11) is 0. The lowest BCUT2D eigenvalue weighted by atomic mass is 10.1. The van der Waals surface area contributed by atoms with E-state index in [0.717, 1.165) is 57.4 Å². The summed E-state index contributed by atoms with van der Waals surface area (Å²) >= 11 is 6.29. The van der Waals surface area contributed by atoms with E-state index < -0.39 is 0 Å². The molecule has 1 N–H and O–H groups in total. The number of para-hydroxylation sites is 1. The molecule has 8 heteroatoms. The molecule has 0 amide bonds. The molecule has 0 radical (unpaired) electrons. The number of hydrogen-bond acceptors (Lipinski definition) is 5. The molecule has 0 saturated heterocycles. The van der Waals surface area contributed by atoms with E-state index in [-0.39, 0.29) is 16.3 Å². The molecule has 0 fully saturated rings. The predicted octanol–water partition coefficient (Wildman–Crippen LogP) is 6.77. The lowest BCUT2D eigenvalue weighted by molar-refractivity contribution is 0.475. The van der Waals surface area contributed by atoms with Crippen molar-refractivity contribution in [1.82, 2.24) is 24.3 Å². The van der Waals surface area contributed by atoms with Gasteiger partial charge in [-0.3, -0.25) is 9.36 Å². The molecule has 3 heterocycles. The van der Waals surface area contributed by atoms with Crippen LogP contribution in [0, 0.1) is 13.8 Å². The molecule has 0 unspecified atom stereocenters. The lowest BCUT2D eigenvalue weighted by Gasteiger charge is -2.17. The van der Waals surface area contributed by atoms with Crippen LogP contribution < -0.4 is 5.56 Å². The molecule has 0 aliphatic rings. The zero-order valence-corrected chi connectivity index (χ0v) is 23.3. The molecule has 6 rings (SSSR count). The molecule has 200 valence electrons. The highest BCUT2D eigenvalue weighted by Crippen LogP contribution is 2.34. The number of phenolic OH excluding ortho intramolecular Hbond substituents is 1. The van der Waals surface area contributed by atoms with Crippen molar-refractivity contribution < 1.29 is 5.11 Å². The van der Waals surface area contributed by atoms with Gasteiger partial charge in [-0.2, -0.15) is 5.10 Å². The number of fused-ring (bicyclic) bond motifs is 2. The predicted molar refractivity (Wildman–Crippen MR) is 160 cm³/mol. The third-order valence-electron chi connectivity index (χ3n) is 7.32. The Labute approximate surface area is 236 Å². The van der Waals surface area contributed by atoms with E-state index in [1.165, 1.54) is 0 Å². The van der Waals surface area contributed by atoms with E-state index in [1.807, 2.05) is 61.0 Å². The van der Waals surface area contributed by atoms with Crippen LogP contribution in [-0.4, -0.2) is 29.4 Å². The van der Waals surface area contributed by atoms with Gasteiger partial charge in [0.05, 0.1) is 33.7 Å². The van der Waals surface area contributed by atoms with Crippen LogP contribution in [0.25, 0.3) is 38.8 Å². The highest BCUT2D eigenvalue weighted by atomic mass is 35.5. The van der Waals surface area contributed by atoms with E-state index in [4.69, 9.17) is 16.7 Å². The summed E-state index contributed by atoms with van der Waals surface area (Å²) < 4.78 is 3.63. The minimum atomic E-state index is -0.0665. The maximum Gasteiger partial charge on any atom is 0.263 e. The second-order valence-electron chi connectivity index (χ2n) is 10.0. The fraction of sp³-hybridized carbons (Fsp3) is 0.188. The Morgan fingerprint density at radius 3 is 2.50 bits per heavy atom. The van der Waals surface area contributed by atoms with Crippen LogP contribution in [0.15, 0.2) is 77.9 Å². The fourth-order valence-electron chi connectivity index (χ4n) is 5.40. The standard InChI is InChI=1S/C32H28ClN5O2/c1-4-8-25-29-30(22-13-14-27(39)24(33)16-22)36-37(31(29)35-18-34-25)17-23-15-21-11-7-10-20(3)28(21)32(40)38(23)26-12-6-5-9-19(26)2/h5-7,9-16,18,39H,4,8,17H2,1-3H3. The Hall–Kier alpha value is -4.49. The van der Waals surface area contributed by atoms with Crippen molar-refractivity contribution in [2.45, 2.75) is 40.2 Å². The van der Waals surface area contributed by atoms with Gasteiger partial charge in [-0.05, 0) is 67.1 Å². The molecular weight excluding hydrogens is 522 g/mol. The van der Waals surface area contributed by atoms with Gasteiger partial charge in [-0.25, -0.2) is 14.6 Å². The summed E-state index contributed by atoms with van der Waals surface area (Å²) in [6, 6.07) is 20.9. The third-order valence-corrected chi connectivity index (χ3v) is 7.62. The quantitative estimate of drug-likeness (QED) is 0.248. The van der Waals surface area contributed by atoms with Gasteiger partial charge in [0.15, 0.2) is 5.65 Å². The molecule has 0 atom stereocenters. The number of hydrogen-bond donors (Lipinski definition) is 1. The van der Waals surface area contributed by atoms with Crippen LogP contribution in [0.2, 0.25) is 5.02 Å². The Bertz CT molecular complexity index is 1980. The SMILES string of the molecule is CCCc1ncnc2c1c(-c1ccc(O)c(Cl)c1)nn2Cc1cc2cccc(C)c2c(=O)n1-c1ccccc1C. The first-order valence-corrected chi connectivity index (χ1v) is 13.6. The largest absolute Gasteiger partial charge is 0.506 e. The van der Waals surface area contributed by atoms with Crippen LogP contribution >= 0.6 is 11.6 Å². The van der Waals surface area contributed by atoms with Gasteiger partial charge in [-0.15, -0.1) is 0 Å². The van der Waals surface area contributed by atoms with Crippen molar-refractivity contribution in [3.8, 4) is 22.7 Å². The number of aryl methyl sites for hydroxylation is 3. The third kappa shape index (κ3) is 4.32. The second kappa shape index (κ2) is 10.2. The Kier molecular flexibility index (Phi) is 6.60. The molecule has 0 spiro atoms. The summed E-state index contributed by atoms with van der Waals surface area (Å²) in [5, 5.41) is 17.7. The maximum atomic E-state index is 14.1. The summed E-state index contributed by atoms with van der Waals surface area (Å²) in [5.41, 5.74) is 6.48. The van der Waals surface area contributed by atoms with Crippen LogP contribution in [0.5, 0.6) is 5.75 Å². The van der Waals surface area contributed by atoms with E-state index in [9.17, 15) is 9.90 Å². The number of aromatic hydroxyl groups is 1. The first-order valence-electron chi connectivity index (χ1n) is 13.3. The Balaban J connectivity index is 1.63. The van der Waals surface area contributed by atoms with Gasteiger partial charge in [0.2, 0.25) is 0 Å². The van der Waals surface area contributed by atoms with E-state index in [1.54, 1.807) is 29.1 Å². The molecular formula is C32H28ClN5O2. The Morgan fingerprint density at radius 1 is 0.925 bits per heavy atom. The van der Waals surface area contributed by atoms with Crippen LogP contribution in [0.1, 0.15) is 35.9 Å². The maximum absolute atomic E-state index is 14.1. The van der Waals surface area contributed by atoms with Gasteiger partial charge in [0.1, 0.15) is 17.8 Å². The number of pyridine rings is 1. The molecule has 6 aromatic rings. The van der Waals surface area contributed by atoms with E-state index >= 15 is 0 Å². The van der Waals surface area contributed by atoms with Gasteiger partial charge in [0, 0.05) is 11.3 Å². The van der Waals surface area contributed by atoms with Crippen molar-refractivity contribution >= 4 is 33.4 Å². The zero-order valence-electron chi connectivity index (χ0n) is 22.5. The monoisotopic (exact) mass is 549 g/mol. The average molecular weight is 550 g/mol. The number of benzene rings is 3. The highest BCUT2D eigenvalue weighted by molar-refractivity contribution is 6.32.